The molecule has 0 radical (unpaired) electrons. The van der Waals surface area contributed by atoms with Crippen molar-refractivity contribution in [3.05, 3.63) is 94.2 Å². The lowest BCUT2D eigenvalue weighted by atomic mass is 9.99. The number of carbonyl (C=O) groups is 1. The van der Waals surface area contributed by atoms with E-state index in [4.69, 9.17) is 9.15 Å². The quantitative estimate of drug-likeness (QED) is 0.188. The fraction of sp³-hybridized carbons (Fsp3) is 0.148. The number of fused-ring (bicyclic) bond motifs is 1. The predicted molar refractivity (Wildman–Crippen MR) is 133 cm³/mol. The molecule has 0 atom stereocenters. The van der Waals surface area contributed by atoms with Crippen LogP contribution in [0, 0.1) is 17.0 Å². The van der Waals surface area contributed by atoms with Crippen LogP contribution in [0.25, 0.3) is 27.7 Å². The minimum absolute atomic E-state index is 0.0220. The van der Waals surface area contributed by atoms with E-state index in [9.17, 15) is 14.9 Å². The zero-order chi connectivity index (χ0) is 24.2. The lowest BCUT2D eigenvalue weighted by molar-refractivity contribution is -0.384. The van der Waals surface area contributed by atoms with Gasteiger partial charge in [-0.05, 0) is 49.6 Å². The Balaban J connectivity index is 1.69. The Kier molecular flexibility index (Phi) is 6.45. The number of nitrogens with zero attached hydrogens (tertiary/aromatic N) is 1. The van der Waals surface area contributed by atoms with Crippen molar-refractivity contribution in [2.75, 3.05) is 11.9 Å². The first-order valence-electron chi connectivity index (χ1n) is 10.9. The number of ether oxygens (including phenoxy) is 1. The number of hydrogen-bond acceptors (Lipinski definition) is 5. The normalized spacial score (nSPS) is 11.4. The van der Waals surface area contributed by atoms with Gasteiger partial charge in [0.25, 0.3) is 5.69 Å². The number of anilines is 1. The topological polar surface area (TPSA) is 94.6 Å². The smallest absolute Gasteiger partial charge is 0.269 e. The van der Waals surface area contributed by atoms with E-state index >= 15 is 0 Å². The molecule has 4 aromatic rings. The Labute approximate surface area is 196 Å². The molecule has 0 fully saturated rings. The van der Waals surface area contributed by atoms with Crippen LogP contribution in [-0.4, -0.2) is 17.4 Å². The molecule has 0 unspecified atom stereocenters. The molecule has 0 spiro atoms. The number of rotatable bonds is 7. The van der Waals surface area contributed by atoms with Crippen LogP contribution in [0.5, 0.6) is 5.75 Å². The number of aryl methyl sites for hydroxylation is 1. The van der Waals surface area contributed by atoms with Crippen LogP contribution in [0.15, 0.2) is 77.4 Å². The number of non-ortho nitro benzene ring substituents is 1. The van der Waals surface area contributed by atoms with Crippen molar-refractivity contribution in [2.45, 2.75) is 20.8 Å². The molecule has 7 nitrogen and oxygen atoms in total. The largest absolute Gasteiger partial charge is 0.493 e. The van der Waals surface area contributed by atoms with Gasteiger partial charge in [-0.2, -0.15) is 0 Å². The van der Waals surface area contributed by atoms with Crippen LogP contribution in [0.2, 0.25) is 0 Å². The summed E-state index contributed by atoms with van der Waals surface area (Å²) in [6.07, 6.45) is 3.22. The molecule has 1 aromatic heterocycles. The van der Waals surface area contributed by atoms with Gasteiger partial charge in [0.2, 0.25) is 5.91 Å². The van der Waals surface area contributed by atoms with E-state index in [0.29, 0.717) is 34.8 Å². The Bertz CT molecular complexity index is 1400. The van der Waals surface area contributed by atoms with E-state index in [1.807, 2.05) is 56.3 Å². The number of amides is 1. The van der Waals surface area contributed by atoms with Crippen LogP contribution in [0.3, 0.4) is 0 Å². The highest BCUT2D eigenvalue weighted by molar-refractivity contribution is 6.05. The molecule has 0 bridgehead atoms. The van der Waals surface area contributed by atoms with Gasteiger partial charge in [0, 0.05) is 46.5 Å². The summed E-state index contributed by atoms with van der Waals surface area (Å²) in [5, 5.41) is 14.7. The van der Waals surface area contributed by atoms with E-state index in [1.54, 1.807) is 13.2 Å². The van der Waals surface area contributed by atoms with E-state index < -0.39 is 4.92 Å². The van der Waals surface area contributed by atoms with Gasteiger partial charge in [-0.1, -0.05) is 30.3 Å². The molecule has 0 aliphatic heterocycles. The fourth-order valence-corrected chi connectivity index (χ4v) is 3.82. The predicted octanol–water partition coefficient (Wildman–Crippen LogP) is 6.76. The van der Waals surface area contributed by atoms with E-state index in [2.05, 4.69) is 5.32 Å². The standard InChI is InChI=1S/C27H24N2O5/c1-4-33-25-15-26-22(23(16-34-26)19-8-6-5-7-9-19)14-21(25)17(2)13-27(30)28-24-11-10-20(29(31)32)12-18(24)3/h5-16H,4H2,1-3H3,(H,28,30)/b17-13+. The van der Waals surface area contributed by atoms with Gasteiger partial charge >= 0.3 is 0 Å². The molecule has 172 valence electrons. The third kappa shape index (κ3) is 4.68. The van der Waals surface area contributed by atoms with E-state index in [-0.39, 0.29) is 11.6 Å². The number of nitro benzene ring substituents is 1. The van der Waals surface area contributed by atoms with Gasteiger partial charge in [-0.3, -0.25) is 14.9 Å². The average Bonchev–Trinajstić information content (AvgIpc) is 3.23. The third-order valence-corrected chi connectivity index (χ3v) is 5.51. The molecule has 34 heavy (non-hydrogen) atoms. The van der Waals surface area contributed by atoms with Gasteiger partial charge in [0.15, 0.2) is 0 Å². The summed E-state index contributed by atoms with van der Waals surface area (Å²) in [5.74, 6) is 0.282. The number of nitro groups is 1. The van der Waals surface area contributed by atoms with Gasteiger partial charge in [0.1, 0.15) is 11.3 Å². The molecule has 1 amide bonds. The minimum Gasteiger partial charge on any atom is -0.493 e. The molecule has 0 saturated carbocycles. The van der Waals surface area contributed by atoms with Crippen molar-refractivity contribution < 1.29 is 18.9 Å². The van der Waals surface area contributed by atoms with Crippen molar-refractivity contribution >= 4 is 33.8 Å². The van der Waals surface area contributed by atoms with Crippen LogP contribution in [-0.2, 0) is 4.79 Å². The summed E-state index contributed by atoms with van der Waals surface area (Å²) >= 11 is 0. The fourth-order valence-electron chi connectivity index (χ4n) is 3.82. The number of nitrogens with one attached hydrogen (secondary N) is 1. The second-order valence-electron chi connectivity index (χ2n) is 7.87. The molecule has 1 heterocycles. The maximum Gasteiger partial charge on any atom is 0.269 e. The maximum atomic E-state index is 12.8. The summed E-state index contributed by atoms with van der Waals surface area (Å²) in [6, 6.07) is 18.1. The van der Waals surface area contributed by atoms with Gasteiger partial charge in [-0.25, -0.2) is 0 Å². The Morgan fingerprint density at radius 1 is 1.15 bits per heavy atom. The first-order chi connectivity index (χ1) is 16.4. The maximum absolute atomic E-state index is 12.8. The highest BCUT2D eigenvalue weighted by Crippen LogP contribution is 2.37. The molecular weight excluding hydrogens is 432 g/mol. The third-order valence-electron chi connectivity index (χ3n) is 5.51. The van der Waals surface area contributed by atoms with Crippen LogP contribution in [0.4, 0.5) is 11.4 Å². The zero-order valence-corrected chi connectivity index (χ0v) is 19.1. The van der Waals surface area contributed by atoms with Crippen molar-refractivity contribution in [1.82, 2.24) is 0 Å². The highest BCUT2D eigenvalue weighted by Gasteiger charge is 2.16. The molecule has 1 N–H and O–H groups in total. The molecular formula is C27H24N2O5. The van der Waals surface area contributed by atoms with Crippen LogP contribution < -0.4 is 10.1 Å². The number of benzene rings is 3. The Hall–Kier alpha value is -4.39. The Morgan fingerprint density at radius 2 is 1.91 bits per heavy atom. The second kappa shape index (κ2) is 9.62. The highest BCUT2D eigenvalue weighted by atomic mass is 16.6. The van der Waals surface area contributed by atoms with Crippen molar-refractivity contribution in [1.29, 1.82) is 0 Å². The molecule has 0 aliphatic carbocycles. The van der Waals surface area contributed by atoms with E-state index in [1.165, 1.54) is 24.3 Å². The van der Waals surface area contributed by atoms with E-state index in [0.717, 1.165) is 22.1 Å². The summed E-state index contributed by atoms with van der Waals surface area (Å²) in [5.41, 5.74) is 5.28. The first-order valence-corrected chi connectivity index (χ1v) is 10.9. The molecule has 4 rings (SSSR count). The zero-order valence-electron chi connectivity index (χ0n) is 19.1. The van der Waals surface area contributed by atoms with Gasteiger partial charge in [0.05, 0.1) is 17.8 Å². The summed E-state index contributed by atoms with van der Waals surface area (Å²) in [7, 11) is 0. The SMILES string of the molecule is CCOc1cc2occ(-c3ccccc3)c2cc1/C(C)=C/C(=O)Nc1ccc([N+](=O)[O-])cc1C. The van der Waals surface area contributed by atoms with Gasteiger partial charge < -0.3 is 14.5 Å². The summed E-state index contributed by atoms with van der Waals surface area (Å²) in [4.78, 5) is 23.2. The number of allylic oxidation sites excluding steroid dienone is 1. The average molecular weight is 456 g/mol. The number of carbonyl (C=O) groups excluding carboxylic acids is 1. The molecule has 0 aliphatic rings. The first kappa shape index (κ1) is 22.8. The number of hydrogen-bond donors (Lipinski definition) is 1. The van der Waals surface area contributed by atoms with Crippen molar-refractivity contribution in [3.8, 4) is 16.9 Å². The van der Waals surface area contributed by atoms with Crippen molar-refractivity contribution in [2.24, 2.45) is 0 Å². The van der Waals surface area contributed by atoms with Crippen LogP contribution >= 0.6 is 0 Å². The molecule has 0 saturated heterocycles. The van der Waals surface area contributed by atoms with Crippen molar-refractivity contribution in [3.63, 3.8) is 0 Å². The molecule has 7 heteroatoms. The van der Waals surface area contributed by atoms with Gasteiger partial charge in [-0.15, -0.1) is 0 Å². The lowest BCUT2D eigenvalue weighted by Crippen LogP contribution is -2.10. The Morgan fingerprint density at radius 3 is 2.59 bits per heavy atom. The minimum atomic E-state index is -0.465. The number of furan rings is 1. The van der Waals surface area contributed by atoms with Crippen LogP contribution in [0.1, 0.15) is 25.0 Å². The molecule has 3 aromatic carbocycles. The lowest BCUT2D eigenvalue weighted by Gasteiger charge is -2.12. The summed E-state index contributed by atoms with van der Waals surface area (Å²) in [6.45, 7) is 5.92. The second-order valence-corrected chi connectivity index (χ2v) is 7.87. The monoisotopic (exact) mass is 456 g/mol. The summed E-state index contributed by atoms with van der Waals surface area (Å²) < 4.78 is 11.6.